The minimum atomic E-state index is -0.109. The van der Waals surface area contributed by atoms with Gasteiger partial charge >= 0.3 is 0 Å². The maximum Gasteiger partial charge on any atom is 0.221 e. The third-order valence-corrected chi connectivity index (χ3v) is 4.97. The molecule has 0 saturated heterocycles. The quantitative estimate of drug-likeness (QED) is 0.803. The number of anilines is 1. The lowest BCUT2D eigenvalue weighted by Gasteiger charge is -2.17. The second kappa shape index (κ2) is 8.26. The number of carbonyl (C=O) groups excluding carboxylic acids is 1. The maximum absolute atomic E-state index is 11.3. The van der Waals surface area contributed by atoms with Gasteiger partial charge in [0.25, 0.3) is 0 Å². The number of aryl methyl sites for hydroxylation is 2. The lowest BCUT2D eigenvalue weighted by atomic mass is 10.1. The molecule has 2 N–H and O–H groups in total. The molecule has 0 aliphatic heterocycles. The molecule has 0 unspecified atom stereocenters. The van der Waals surface area contributed by atoms with E-state index in [2.05, 4.69) is 29.5 Å². The summed E-state index contributed by atoms with van der Waals surface area (Å²) in [4.78, 5) is 17.1. The lowest BCUT2D eigenvalue weighted by molar-refractivity contribution is -0.114. The molecule has 0 aliphatic carbocycles. The van der Waals surface area contributed by atoms with Gasteiger partial charge in [-0.15, -0.1) is 11.3 Å². The molecule has 0 spiro atoms. The summed E-state index contributed by atoms with van der Waals surface area (Å²) in [5.41, 5.74) is 2.94. The summed E-state index contributed by atoms with van der Waals surface area (Å²) < 4.78 is 5.29. The molecule has 1 aromatic heterocycles. The van der Waals surface area contributed by atoms with Crippen molar-refractivity contribution in [1.29, 1.82) is 0 Å². The van der Waals surface area contributed by atoms with Crippen LogP contribution in [0.5, 0.6) is 5.75 Å². The summed E-state index contributed by atoms with van der Waals surface area (Å²) in [7, 11) is 1.60. The molecule has 5 nitrogen and oxygen atoms in total. The summed E-state index contributed by atoms with van der Waals surface area (Å²) in [6.45, 7) is 8.59. The zero-order valence-electron chi connectivity index (χ0n) is 14.9. The van der Waals surface area contributed by atoms with Crippen molar-refractivity contribution in [1.82, 2.24) is 10.3 Å². The molecule has 0 saturated carbocycles. The summed E-state index contributed by atoms with van der Waals surface area (Å²) in [6.07, 6.45) is 0.969. The first kappa shape index (κ1) is 18.4. The fraction of sp³-hybridized carbons (Fsp3) is 0.444. The Labute approximate surface area is 147 Å². The number of methoxy groups -OCH3 is 1. The number of amides is 1. The topological polar surface area (TPSA) is 63.2 Å². The van der Waals surface area contributed by atoms with Crippen LogP contribution in [-0.4, -0.2) is 24.5 Å². The Morgan fingerprint density at radius 1 is 1.38 bits per heavy atom. The van der Waals surface area contributed by atoms with Crippen LogP contribution < -0.4 is 15.4 Å². The van der Waals surface area contributed by atoms with Gasteiger partial charge in [-0.1, -0.05) is 6.07 Å². The van der Waals surface area contributed by atoms with Crippen LogP contribution in [0.25, 0.3) is 0 Å². The first-order valence-electron chi connectivity index (χ1n) is 8.02. The van der Waals surface area contributed by atoms with E-state index in [4.69, 9.17) is 4.74 Å². The number of thiazole rings is 1. The molecule has 1 aromatic carbocycles. The Hall–Kier alpha value is -1.92. The van der Waals surface area contributed by atoms with E-state index < -0.39 is 0 Å². The van der Waals surface area contributed by atoms with E-state index in [1.807, 2.05) is 25.1 Å². The fourth-order valence-corrected chi connectivity index (χ4v) is 3.54. The van der Waals surface area contributed by atoms with E-state index in [-0.39, 0.29) is 11.9 Å². The standard InChI is InChI=1S/C18H25N3O2S/c1-11(19-9-8-18-12(2)20-14(4)24-18)15-6-7-17(23-5)16(10-15)21-13(3)22/h6-7,10-11,19H,8-9H2,1-5H3,(H,21,22)/t11-/m0/s1. The third kappa shape index (κ3) is 4.79. The monoisotopic (exact) mass is 347 g/mol. The van der Waals surface area contributed by atoms with Gasteiger partial charge in [0.15, 0.2) is 0 Å². The van der Waals surface area contributed by atoms with Gasteiger partial charge in [0.2, 0.25) is 5.91 Å². The molecule has 24 heavy (non-hydrogen) atoms. The highest BCUT2D eigenvalue weighted by atomic mass is 32.1. The van der Waals surface area contributed by atoms with Crippen molar-refractivity contribution in [3.8, 4) is 5.75 Å². The van der Waals surface area contributed by atoms with Gasteiger partial charge in [-0.3, -0.25) is 4.79 Å². The predicted octanol–water partition coefficient (Wildman–Crippen LogP) is 3.62. The molecule has 1 atom stereocenters. The van der Waals surface area contributed by atoms with Crippen molar-refractivity contribution < 1.29 is 9.53 Å². The smallest absolute Gasteiger partial charge is 0.221 e. The molecule has 6 heteroatoms. The summed E-state index contributed by atoms with van der Waals surface area (Å²) in [5.74, 6) is 0.555. The van der Waals surface area contributed by atoms with E-state index in [0.29, 0.717) is 11.4 Å². The highest BCUT2D eigenvalue weighted by molar-refractivity contribution is 7.11. The molecule has 0 radical (unpaired) electrons. The van der Waals surface area contributed by atoms with Crippen LogP contribution in [0, 0.1) is 13.8 Å². The van der Waals surface area contributed by atoms with Crippen LogP contribution >= 0.6 is 11.3 Å². The Bertz CT molecular complexity index is 712. The van der Waals surface area contributed by atoms with Gasteiger partial charge in [0.05, 0.1) is 23.5 Å². The van der Waals surface area contributed by atoms with Gasteiger partial charge in [0, 0.05) is 24.4 Å². The van der Waals surface area contributed by atoms with E-state index in [1.165, 1.54) is 11.8 Å². The van der Waals surface area contributed by atoms with Gasteiger partial charge in [0.1, 0.15) is 5.75 Å². The number of hydrogen-bond acceptors (Lipinski definition) is 5. The number of aromatic nitrogens is 1. The highest BCUT2D eigenvalue weighted by Crippen LogP contribution is 2.28. The first-order chi connectivity index (χ1) is 11.4. The average molecular weight is 347 g/mol. The van der Waals surface area contributed by atoms with Crippen molar-refractivity contribution in [2.24, 2.45) is 0 Å². The van der Waals surface area contributed by atoms with E-state index in [9.17, 15) is 4.79 Å². The normalized spacial score (nSPS) is 12.0. The van der Waals surface area contributed by atoms with Crippen LogP contribution in [-0.2, 0) is 11.2 Å². The largest absolute Gasteiger partial charge is 0.495 e. The lowest BCUT2D eigenvalue weighted by Crippen LogP contribution is -2.21. The number of hydrogen-bond donors (Lipinski definition) is 2. The number of benzene rings is 1. The minimum Gasteiger partial charge on any atom is -0.495 e. The number of ether oxygens (including phenoxy) is 1. The SMILES string of the molecule is COc1ccc([C@H](C)NCCc2sc(C)nc2C)cc1NC(C)=O. The zero-order chi connectivity index (χ0) is 17.7. The van der Waals surface area contributed by atoms with Gasteiger partial charge < -0.3 is 15.4 Å². The molecule has 0 aliphatic rings. The number of carbonyl (C=O) groups is 1. The minimum absolute atomic E-state index is 0.109. The van der Waals surface area contributed by atoms with Crippen LogP contribution in [0.3, 0.4) is 0 Å². The molecule has 0 bridgehead atoms. The Balaban J connectivity index is 1.99. The molecule has 1 amide bonds. The second-order valence-corrected chi connectivity index (χ2v) is 7.10. The van der Waals surface area contributed by atoms with Crippen LogP contribution in [0.4, 0.5) is 5.69 Å². The van der Waals surface area contributed by atoms with Gasteiger partial charge in [-0.2, -0.15) is 0 Å². The molecule has 2 rings (SSSR count). The summed E-state index contributed by atoms with van der Waals surface area (Å²) in [6, 6.07) is 6.04. The summed E-state index contributed by atoms with van der Waals surface area (Å²) >= 11 is 1.76. The average Bonchev–Trinajstić information content (AvgIpc) is 2.84. The molecular weight excluding hydrogens is 322 g/mol. The van der Waals surface area contributed by atoms with E-state index in [1.54, 1.807) is 18.4 Å². The third-order valence-electron chi connectivity index (χ3n) is 3.84. The number of nitrogens with one attached hydrogen (secondary N) is 2. The first-order valence-corrected chi connectivity index (χ1v) is 8.84. The van der Waals surface area contributed by atoms with Crippen molar-refractivity contribution in [3.05, 3.63) is 39.3 Å². The number of nitrogens with zero attached hydrogens (tertiary/aromatic N) is 1. The van der Waals surface area contributed by atoms with E-state index in [0.717, 1.165) is 29.2 Å². The maximum atomic E-state index is 11.3. The molecular formula is C18H25N3O2S. The zero-order valence-corrected chi connectivity index (χ0v) is 15.7. The van der Waals surface area contributed by atoms with Crippen LogP contribution in [0.15, 0.2) is 18.2 Å². The van der Waals surface area contributed by atoms with Crippen LogP contribution in [0.2, 0.25) is 0 Å². The highest BCUT2D eigenvalue weighted by Gasteiger charge is 2.11. The van der Waals surface area contributed by atoms with Crippen molar-refractivity contribution >= 4 is 22.9 Å². The van der Waals surface area contributed by atoms with Gasteiger partial charge in [-0.25, -0.2) is 4.98 Å². The molecule has 0 fully saturated rings. The Morgan fingerprint density at radius 2 is 2.12 bits per heavy atom. The van der Waals surface area contributed by atoms with Crippen molar-refractivity contribution in [3.63, 3.8) is 0 Å². The predicted molar refractivity (Wildman–Crippen MR) is 99.0 cm³/mol. The molecule has 1 heterocycles. The van der Waals surface area contributed by atoms with E-state index >= 15 is 0 Å². The Morgan fingerprint density at radius 3 is 2.71 bits per heavy atom. The van der Waals surface area contributed by atoms with Crippen LogP contribution in [0.1, 0.15) is 41.0 Å². The summed E-state index contributed by atoms with van der Waals surface area (Å²) in [5, 5.41) is 7.46. The second-order valence-electron chi connectivity index (χ2n) is 5.81. The van der Waals surface area contributed by atoms with Gasteiger partial charge in [-0.05, 0) is 44.9 Å². The number of rotatable bonds is 7. The fourth-order valence-electron chi connectivity index (χ4n) is 2.61. The van der Waals surface area contributed by atoms with Crippen molar-refractivity contribution in [2.75, 3.05) is 19.0 Å². The van der Waals surface area contributed by atoms with Crippen molar-refractivity contribution in [2.45, 2.75) is 40.2 Å². The Kier molecular flexibility index (Phi) is 6.34. The molecule has 2 aromatic rings. The molecule has 130 valence electrons.